The van der Waals surface area contributed by atoms with Crippen molar-refractivity contribution in [3.05, 3.63) is 65.7 Å². The van der Waals surface area contributed by atoms with Crippen molar-refractivity contribution in [2.24, 2.45) is 10.1 Å². The molecule has 0 aliphatic carbocycles. The molecular formula is C25H22N4OS. The van der Waals surface area contributed by atoms with Gasteiger partial charge in [-0.2, -0.15) is 15.1 Å². The molecule has 0 bridgehead atoms. The summed E-state index contributed by atoms with van der Waals surface area (Å²) in [6.45, 7) is 2.17. The lowest BCUT2D eigenvalue weighted by Crippen LogP contribution is -2.35. The van der Waals surface area contributed by atoms with Crippen LogP contribution in [0.5, 0.6) is 0 Å². The van der Waals surface area contributed by atoms with Crippen molar-refractivity contribution < 1.29 is 4.79 Å². The maximum atomic E-state index is 12.9. The molecule has 5 nitrogen and oxygen atoms in total. The number of nitrogens with zero attached hydrogens (tertiary/aromatic N) is 3. The van der Waals surface area contributed by atoms with Crippen LogP contribution >= 0.6 is 11.8 Å². The van der Waals surface area contributed by atoms with Gasteiger partial charge in [0.1, 0.15) is 5.04 Å². The molecule has 0 saturated heterocycles. The molecule has 3 aromatic rings. The second kappa shape index (κ2) is 8.12. The monoisotopic (exact) mass is 426 g/mol. The molecular weight excluding hydrogens is 404 g/mol. The van der Waals surface area contributed by atoms with Gasteiger partial charge in [-0.3, -0.25) is 10.2 Å². The number of carbonyl (C=O) groups is 1. The number of hydrogen-bond donors (Lipinski definition) is 1. The van der Waals surface area contributed by atoms with Gasteiger partial charge in [-0.05, 0) is 63.9 Å². The molecule has 1 amide bonds. The van der Waals surface area contributed by atoms with Crippen molar-refractivity contribution in [2.45, 2.75) is 32.6 Å². The molecule has 2 aliphatic rings. The van der Waals surface area contributed by atoms with E-state index >= 15 is 0 Å². The van der Waals surface area contributed by atoms with E-state index in [0.29, 0.717) is 5.17 Å². The Labute approximate surface area is 185 Å². The second-order valence-electron chi connectivity index (χ2n) is 7.70. The molecule has 5 rings (SSSR count). The SMILES string of the molecule is CCCCCC1=NN2C(=N)/C(=C/c3c4ccccc4cc4ccccc34)C(=O)N=C2S1. The Balaban J connectivity index is 1.60. The van der Waals surface area contributed by atoms with Crippen LogP contribution < -0.4 is 0 Å². The number of benzene rings is 3. The zero-order valence-corrected chi connectivity index (χ0v) is 18.1. The van der Waals surface area contributed by atoms with Crippen molar-refractivity contribution in [2.75, 3.05) is 0 Å². The summed E-state index contributed by atoms with van der Waals surface area (Å²) in [5.41, 5.74) is 1.20. The largest absolute Gasteiger partial charge is 0.283 e. The number of amidine groups is 2. The predicted molar refractivity (Wildman–Crippen MR) is 131 cm³/mol. The lowest BCUT2D eigenvalue weighted by atomic mass is 9.95. The molecule has 1 N–H and O–H groups in total. The summed E-state index contributed by atoms with van der Waals surface area (Å²) in [6.07, 6.45) is 5.99. The summed E-state index contributed by atoms with van der Waals surface area (Å²) in [5.74, 6) is -0.296. The molecule has 0 aromatic heterocycles. The number of aliphatic imine (C=N–C) groups is 1. The van der Waals surface area contributed by atoms with Gasteiger partial charge in [0.2, 0.25) is 5.17 Å². The van der Waals surface area contributed by atoms with Crippen LogP contribution in [0.2, 0.25) is 0 Å². The fourth-order valence-corrected chi connectivity index (χ4v) is 4.93. The number of amides is 1. The van der Waals surface area contributed by atoms with Crippen molar-refractivity contribution in [3.63, 3.8) is 0 Å². The molecule has 0 radical (unpaired) electrons. The average Bonchev–Trinajstić information content (AvgIpc) is 3.19. The lowest BCUT2D eigenvalue weighted by Gasteiger charge is -2.20. The van der Waals surface area contributed by atoms with Crippen molar-refractivity contribution >= 4 is 61.3 Å². The van der Waals surface area contributed by atoms with E-state index in [2.05, 4.69) is 47.3 Å². The van der Waals surface area contributed by atoms with Crippen LogP contribution in [-0.4, -0.2) is 27.0 Å². The van der Waals surface area contributed by atoms with Gasteiger partial charge in [0.15, 0.2) is 5.84 Å². The van der Waals surface area contributed by atoms with Crippen LogP contribution in [-0.2, 0) is 4.79 Å². The van der Waals surface area contributed by atoms with E-state index in [1.807, 2.05) is 30.3 Å². The highest BCUT2D eigenvalue weighted by atomic mass is 32.2. The van der Waals surface area contributed by atoms with Crippen LogP contribution in [0.4, 0.5) is 0 Å². The van der Waals surface area contributed by atoms with Crippen LogP contribution in [0.3, 0.4) is 0 Å². The molecule has 6 heteroatoms. The first-order chi connectivity index (χ1) is 15.2. The fraction of sp³-hybridized carbons (Fsp3) is 0.200. The minimum absolute atomic E-state index is 0.0880. The van der Waals surface area contributed by atoms with Crippen LogP contribution in [0.15, 0.2) is 70.3 Å². The Morgan fingerprint density at radius 1 is 1.03 bits per heavy atom. The molecule has 2 aliphatic heterocycles. The Kier molecular flexibility index (Phi) is 5.16. The zero-order chi connectivity index (χ0) is 21.4. The van der Waals surface area contributed by atoms with E-state index in [4.69, 9.17) is 5.41 Å². The fourth-order valence-electron chi connectivity index (χ4n) is 4.01. The van der Waals surface area contributed by atoms with E-state index in [9.17, 15) is 4.79 Å². The number of fused-ring (bicyclic) bond motifs is 3. The maximum absolute atomic E-state index is 12.9. The van der Waals surface area contributed by atoms with E-state index in [1.165, 1.54) is 16.8 Å². The van der Waals surface area contributed by atoms with Gasteiger partial charge in [-0.1, -0.05) is 68.3 Å². The van der Waals surface area contributed by atoms with Crippen molar-refractivity contribution in [1.82, 2.24) is 5.01 Å². The summed E-state index contributed by atoms with van der Waals surface area (Å²) >= 11 is 1.40. The first-order valence-corrected chi connectivity index (χ1v) is 11.4. The molecule has 0 saturated carbocycles. The third-order valence-corrected chi connectivity index (χ3v) is 6.56. The molecule has 0 spiro atoms. The summed E-state index contributed by atoms with van der Waals surface area (Å²) in [7, 11) is 0. The van der Waals surface area contributed by atoms with Crippen LogP contribution in [0.25, 0.3) is 27.6 Å². The van der Waals surface area contributed by atoms with Crippen LogP contribution in [0, 0.1) is 5.41 Å². The van der Waals surface area contributed by atoms with Gasteiger partial charge in [-0.25, -0.2) is 0 Å². The van der Waals surface area contributed by atoms with Crippen LogP contribution in [0.1, 0.15) is 38.2 Å². The number of carbonyl (C=O) groups excluding carboxylic acids is 1. The second-order valence-corrected chi connectivity index (χ2v) is 8.74. The van der Waals surface area contributed by atoms with E-state index < -0.39 is 0 Å². The average molecular weight is 427 g/mol. The highest BCUT2D eigenvalue weighted by Crippen LogP contribution is 2.33. The van der Waals surface area contributed by atoms with Gasteiger partial charge in [-0.15, -0.1) is 0 Å². The van der Waals surface area contributed by atoms with Crippen molar-refractivity contribution in [3.8, 4) is 0 Å². The molecule has 3 aromatic carbocycles. The third kappa shape index (κ3) is 3.57. The third-order valence-electron chi connectivity index (χ3n) is 5.59. The maximum Gasteiger partial charge on any atom is 0.283 e. The van der Waals surface area contributed by atoms with E-state index in [1.54, 1.807) is 0 Å². The highest BCUT2D eigenvalue weighted by molar-refractivity contribution is 8.26. The number of thioether (sulfide) groups is 1. The van der Waals surface area contributed by atoms with Gasteiger partial charge >= 0.3 is 0 Å². The Hall–Kier alpha value is -3.25. The summed E-state index contributed by atoms with van der Waals surface area (Å²) < 4.78 is 0. The Bertz CT molecular complexity index is 1270. The topological polar surface area (TPSA) is 68.9 Å². The first kappa shape index (κ1) is 19.7. The molecule has 0 fully saturated rings. The van der Waals surface area contributed by atoms with Crippen molar-refractivity contribution in [1.29, 1.82) is 5.41 Å². The first-order valence-electron chi connectivity index (χ1n) is 10.6. The number of hydrogen-bond acceptors (Lipinski definition) is 4. The number of rotatable bonds is 5. The normalized spacial score (nSPS) is 17.5. The predicted octanol–water partition coefficient (Wildman–Crippen LogP) is 6.19. The molecule has 0 atom stereocenters. The number of nitrogens with one attached hydrogen (secondary N) is 1. The molecule has 31 heavy (non-hydrogen) atoms. The van der Waals surface area contributed by atoms with Gasteiger partial charge in [0, 0.05) is 0 Å². The van der Waals surface area contributed by atoms with E-state index in [-0.39, 0.29) is 17.3 Å². The minimum atomic E-state index is -0.384. The zero-order valence-electron chi connectivity index (χ0n) is 17.3. The Morgan fingerprint density at radius 3 is 2.39 bits per heavy atom. The quantitative estimate of drug-likeness (QED) is 0.300. The van der Waals surface area contributed by atoms with Gasteiger partial charge in [0.25, 0.3) is 5.91 Å². The summed E-state index contributed by atoms with van der Waals surface area (Å²) in [6, 6.07) is 18.4. The molecule has 2 heterocycles. The standard InChI is InChI=1S/C25H22N4OS/c1-2-3-4-13-22-28-29-23(26)21(24(30)27-25(29)31-22)15-20-18-11-7-5-9-16(18)14-17-10-6-8-12-19(17)20/h5-12,14-15,26H,2-4,13H2,1H3/b21-15-,26-23?. The van der Waals surface area contributed by atoms with E-state index in [0.717, 1.165) is 57.8 Å². The summed E-state index contributed by atoms with van der Waals surface area (Å²) in [5, 5.41) is 20.5. The molecule has 0 unspecified atom stereocenters. The number of unbranched alkanes of at least 4 members (excludes halogenated alkanes) is 2. The minimum Gasteiger partial charge on any atom is -0.282 e. The number of hydrazone groups is 1. The van der Waals surface area contributed by atoms with Gasteiger partial charge in [0.05, 0.1) is 5.57 Å². The lowest BCUT2D eigenvalue weighted by molar-refractivity contribution is -0.114. The smallest absolute Gasteiger partial charge is 0.282 e. The van der Waals surface area contributed by atoms with Gasteiger partial charge < -0.3 is 0 Å². The Morgan fingerprint density at radius 2 is 1.71 bits per heavy atom. The summed E-state index contributed by atoms with van der Waals surface area (Å²) in [4.78, 5) is 17.2. The highest BCUT2D eigenvalue weighted by Gasteiger charge is 2.35. The molecule has 154 valence electrons.